The van der Waals surface area contributed by atoms with Gasteiger partial charge in [0.15, 0.2) is 16.3 Å². The Balaban J connectivity index is 1.63. The number of aryl methyl sites for hydroxylation is 1. The van der Waals surface area contributed by atoms with Crippen molar-refractivity contribution < 1.29 is 28.5 Å². The molecule has 3 heterocycles. The summed E-state index contributed by atoms with van der Waals surface area (Å²) in [6.45, 7) is 13.6. The second-order valence-corrected chi connectivity index (χ2v) is 12.3. The van der Waals surface area contributed by atoms with Crippen LogP contribution in [0.15, 0.2) is 69.6 Å². The Labute approximate surface area is 277 Å². The van der Waals surface area contributed by atoms with E-state index in [0.29, 0.717) is 44.3 Å². The third kappa shape index (κ3) is 6.53. The van der Waals surface area contributed by atoms with Gasteiger partial charge >= 0.3 is 11.9 Å². The summed E-state index contributed by atoms with van der Waals surface area (Å²) in [6.07, 6.45) is 1.78. The number of esters is 2. The molecule has 0 fully saturated rings. The molecule has 0 radical (unpaired) electrons. The smallest absolute Gasteiger partial charge is 0.338 e. The first-order valence-corrected chi connectivity index (χ1v) is 16.3. The number of fused-ring (bicyclic) bond motifs is 1. The third-order valence-corrected chi connectivity index (χ3v) is 8.76. The number of thiazole rings is 1. The van der Waals surface area contributed by atoms with Crippen molar-refractivity contribution in [3.8, 4) is 17.2 Å². The van der Waals surface area contributed by atoms with E-state index in [4.69, 9.17) is 23.9 Å². The van der Waals surface area contributed by atoms with E-state index >= 15 is 0 Å². The van der Waals surface area contributed by atoms with Crippen LogP contribution in [0.4, 0.5) is 0 Å². The topological polar surface area (TPSA) is 110 Å². The average molecular weight is 658 g/mol. The molecule has 10 nitrogen and oxygen atoms in total. The first kappa shape index (κ1) is 33.5. The summed E-state index contributed by atoms with van der Waals surface area (Å²) in [7, 11) is 1.55. The normalized spacial score (nSPS) is 14.6. The summed E-state index contributed by atoms with van der Waals surface area (Å²) < 4.78 is 26.2. The summed E-state index contributed by atoms with van der Waals surface area (Å²) in [5.74, 6) is 0.142. The zero-order valence-corrected chi connectivity index (χ0v) is 28.7. The summed E-state index contributed by atoms with van der Waals surface area (Å²) in [5, 5.41) is 0. The largest absolute Gasteiger partial charge is 0.493 e. The summed E-state index contributed by atoms with van der Waals surface area (Å²) >= 11 is 1.26. The van der Waals surface area contributed by atoms with E-state index in [-0.39, 0.29) is 29.8 Å². The lowest BCUT2D eigenvalue weighted by Gasteiger charge is -2.25. The number of hydrogen-bond donors (Lipinski definition) is 0. The Kier molecular flexibility index (Phi) is 9.85. The van der Waals surface area contributed by atoms with Crippen LogP contribution < -0.4 is 24.4 Å². The molecule has 0 bridgehead atoms. The quantitative estimate of drug-likeness (QED) is 0.216. The van der Waals surface area contributed by atoms with Gasteiger partial charge in [0.25, 0.3) is 5.56 Å². The minimum absolute atomic E-state index is 0.0735. The van der Waals surface area contributed by atoms with E-state index in [1.165, 1.54) is 11.3 Å². The molecule has 1 aliphatic rings. The number of aromatic nitrogens is 2. The van der Waals surface area contributed by atoms with Crippen LogP contribution in [-0.2, 0) is 14.3 Å². The molecule has 2 aromatic heterocycles. The fraction of sp³-hybridized carbons (Fsp3) is 0.333. The zero-order chi connectivity index (χ0) is 34.0. The van der Waals surface area contributed by atoms with Crippen LogP contribution in [0.5, 0.6) is 11.5 Å². The number of ether oxygens (including phenoxy) is 4. The van der Waals surface area contributed by atoms with Crippen LogP contribution in [0.25, 0.3) is 11.8 Å². The molecule has 11 heteroatoms. The maximum Gasteiger partial charge on any atom is 0.338 e. The van der Waals surface area contributed by atoms with Crippen molar-refractivity contribution >= 4 is 29.4 Å². The first-order chi connectivity index (χ1) is 22.5. The molecular weight excluding hydrogens is 618 g/mol. The van der Waals surface area contributed by atoms with Crippen molar-refractivity contribution in [1.82, 2.24) is 9.13 Å². The molecule has 0 aliphatic carbocycles. The fourth-order valence-corrected chi connectivity index (χ4v) is 6.78. The van der Waals surface area contributed by atoms with Gasteiger partial charge in [-0.1, -0.05) is 17.4 Å². The molecule has 2 aromatic carbocycles. The van der Waals surface area contributed by atoms with Crippen LogP contribution >= 0.6 is 11.3 Å². The number of benzene rings is 2. The van der Waals surface area contributed by atoms with Gasteiger partial charge in [-0.25, -0.2) is 14.6 Å². The number of carbonyl (C=O) groups is 2. The van der Waals surface area contributed by atoms with Gasteiger partial charge in [0.2, 0.25) is 0 Å². The second kappa shape index (κ2) is 13.8. The number of nitrogens with zero attached hydrogens (tertiary/aromatic N) is 3. The highest BCUT2D eigenvalue weighted by Gasteiger charge is 2.34. The van der Waals surface area contributed by atoms with Crippen molar-refractivity contribution in [2.75, 3.05) is 20.3 Å². The minimum atomic E-state index is -0.792. The Morgan fingerprint density at radius 1 is 0.957 bits per heavy atom. The van der Waals surface area contributed by atoms with Gasteiger partial charge in [0, 0.05) is 17.1 Å². The van der Waals surface area contributed by atoms with Crippen molar-refractivity contribution in [1.29, 1.82) is 0 Å². The Bertz CT molecular complexity index is 2050. The molecule has 246 valence electrons. The molecule has 0 saturated heterocycles. The summed E-state index contributed by atoms with van der Waals surface area (Å²) in [4.78, 5) is 44.9. The molecule has 0 amide bonds. The van der Waals surface area contributed by atoms with Crippen molar-refractivity contribution in [3.05, 3.63) is 108 Å². The van der Waals surface area contributed by atoms with E-state index in [0.717, 1.165) is 22.6 Å². The van der Waals surface area contributed by atoms with Gasteiger partial charge in [-0.3, -0.25) is 9.36 Å². The van der Waals surface area contributed by atoms with Crippen LogP contribution in [0.2, 0.25) is 0 Å². The fourth-order valence-electron chi connectivity index (χ4n) is 5.75. The third-order valence-electron chi connectivity index (χ3n) is 7.78. The van der Waals surface area contributed by atoms with Gasteiger partial charge in [0.1, 0.15) is 0 Å². The molecular formula is C36H39N3O7S. The van der Waals surface area contributed by atoms with Gasteiger partial charge in [-0.15, -0.1) is 0 Å². The zero-order valence-electron chi connectivity index (χ0n) is 27.9. The monoisotopic (exact) mass is 657 g/mol. The molecule has 1 aliphatic heterocycles. The number of allylic oxidation sites excluding steroid dienone is 1. The van der Waals surface area contributed by atoms with E-state index in [2.05, 4.69) is 4.57 Å². The Hall–Kier alpha value is -4.90. The van der Waals surface area contributed by atoms with Gasteiger partial charge in [-0.05, 0) is 108 Å². The molecule has 0 saturated carbocycles. The minimum Gasteiger partial charge on any atom is -0.493 e. The lowest BCUT2D eigenvalue weighted by Crippen LogP contribution is -2.40. The van der Waals surface area contributed by atoms with Gasteiger partial charge < -0.3 is 23.5 Å². The van der Waals surface area contributed by atoms with Crippen LogP contribution in [0.1, 0.15) is 73.5 Å². The molecule has 0 N–H and O–H groups in total. The van der Waals surface area contributed by atoms with Gasteiger partial charge in [-0.2, -0.15) is 0 Å². The Morgan fingerprint density at radius 3 is 2.28 bits per heavy atom. The number of carbonyl (C=O) groups excluding carboxylic acids is 2. The van der Waals surface area contributed by atoms with E-state index in [9.17, 15) is 14.4 Å². The predicted molar refractivity (Wildman–Crippen MR) is 180 cm³/mol. The number of rotatable bonds is 10. The molecule has 1 atom stereocenters. The van der Waals surface area contributed by atoms with Crippen LogP contribution in [0, 0.1) is 13.8 Å². The summed E-state index contributed by atoms with van der Waals surface area (Å²) in [5.41, 5.74) is 5.24. The van der Waals surface area contributed by atoms with Crippen molar-refractivity contribution in [2.24, 2.45) is 4.99 Å². The van der Waals surface area contributed by atoms with E-state index in [1.807, 2.05) is 58.0 Å². The highest BCUT2D eigenvalue weighted by molar-refractivity contribution is 7.07. The van der Waals surface area contributed by atoms with Crippen LogP contribution in [-0.4, -0.2) is 47.5 Å². The second-order valence-electron chi connectivity index (χ2n) is 11.3. The predicted octanol–water partition coefficient (Wildman–Crippen LogP) is 5.18. The van der Waals surface area contributed by atoms with E-state index < -0.39 is 12.0 Å². The Morgan fingerprint density at radius 2 is 1.64 bits per heavy atom. The molecule has 0 unspecified atom stereocenters. The average Bonchev–Trinajstić information content (AvgIpc) is 3.49. The number of hydrogen-bond acceptors (Lipinski definition) is 9. The molecule has 47 heavy (non-hydrogen) atoms. The van der Waals surface area contributed by atoms with Gasteiger partial charge in [0.05, 0.1) is 53.8 Å². The highest BCUT2D eigenvalue weighted by Crippen LogP contribution is 2.36. The van der Waals surface area contributed by atoms with Crippen molar-refractivity contribution in [2.45, 2.75) is 60.6 Å². The first-order valence-electron chi connectivity index (χ1n) is 15.5. The van der Waals surface area contributed by atoms with Crippen molar-refractivity contribution in [3.63, 3.8) is 0 Å². The SMILES string of the molecule is CCOC(=O)C1=C(C)N=c2s/c(=C\c3cc(C)n(-c4ccc(C(=O)OCC)cc4)c3C)c(=O)n2[C@H]1c1ccc(OC(C)C)c(OC)c1. The lowest BCUT2D eigenvalue weighted by atomic mass is 9.95. The highest BCUT2D eigenvalue weighted by atomic mass is 32.1. The van der Waals surface area contributed by atoms with E-state index in [1.54, 1.807) is 56.7 Å². The maximum atomic E-state index is 14.2. The summed E-state index contributed by atoms with van der Waals surface area (Å²) in [6, 6.07) is 13.9. The molecule has 4 aromatic rings. The lowest BCUT2D eigenvalue weighted by molar-refractivity contribution is -0.139. The van der Waals surface area contributed by atoms with Crippen LogP contribution in [0.3, 0.4) is 0 Å². The molecule has 5 rings (SSSR count). The maximum absolute atomic E-state index is 14.2. The standard InChI is InChI=1S/C36H39N3O7S/c1-9-44-34(41)24-11-14-27(15-12-24)38-21(5)17-26(23(38)7)19-30-33(40)39-32(25-13-16-28(46-20(3)4)29(18-25)43-8)31(35(42)45-10-2)22(6)37-36(39)47-30/h11-20,32H,9-10H2,1-8H3/b30-19-/t32-/m0/s1. The number of methoxy groups -OCH3 is 1. The molecule has 0 spiro atoms.